The molecule has 0 amide bonds. The third-order valence-corrected chi connectivity index (χ3v) is 3.69. The molecule has 0 saturated heterocycles. The van der Waals surface area contributed by atoms with Gasteiger partial charge in [-0.3, -0.25) is 0 Å². The molecule has 102 valence electrons. The first-order valence-corrected chi connectivity index (χ1v) is 7.19. The van der Waals surface area contributed by atoms with Crippen molar-refractivity contribution in [2.45, 2.75) is 32.3 Å². The summed E-state index contributed by atoms with van der Waals surface area (Å²) in [6, 6.07) is 10.3. The summed E-state index contributed by atoms with van der Waals surface area (Å²) in [6.07, 6.45) is 0.414. The monoisotopic (exact) mass is 277 g/mol. The van der Waals surface area contributed by atoms with E-state index in [0.29, 0.717) is 0 Å². The number of aromatic nitrogens is 2. The maximum Gasteiger partial charge on any atom is 0.202 e. The number of aliphatic hydroxyl groups excluding tert-OH is 1. The van der Waals surface area contributed by atoms with Gasteiger partial charge in [0.15, 0.2) is 0 Å². The van der Waals surface area contributed by atoms with E-state index in [9.17, 15) is 5.11 Å². The zero-order valence-corrected chi connectivity index (χ0v) is 12.0. The minimum absolute atomic E-state index is 0.269. The maximum atomic E-state index is 9.63. The van der Waals surface area contributed by atoms with Crippen LogP contribution in [0.5, 0.6) is 0 Å². The van der Waals surface area contributed by atoms with Gasteiger partial charge in [0.1, 0.15) is 5.82 Å². The van der Waals surface area contributed by atoms with E-state index in [-0.39, 0.29) is 12.0 Å². The maximum absolute atomic E-state index is 9.63. The van der Waals surface area contributed by atoms with E-state index < -0.39 is 0 Å². The van der Waals surface area contributed by atoms with E-state index in [1.807, 2.05) is 32.0 Å². The first-order chi connectivity index (χ1) is 9.15. The first-order valence-electron chi connectivity index (χ1n) is 6.42. The third-order valence-electron chi connectivity index (χ3n) is 2.92. The summed E-state index contributed by atoms with van der Waals surface area (Å²) in [6.45, 7) is 4.46. The summed E-state index contributed by atoms with van der Waals surface area (Å²) in [4.78, 5) is 4.29. The molecule has 1 aromatic carbocycles. The third kappa shape index (κ3) is 4.29. The summed E-state index contributed by atoms with van der Waals surface area (Å²) < 4.78 is 4.15. The van der Waals surface area contributed by atoms with Gasteiger partial charge in [-0.25, -0.2) is 4.98 Å². The van der Waals surface area contributed by atoms with Crippen molar-refractivity contribution in [2.24, 2.45) is 0 Å². The van der Waals surface area contributed by atoms with E-state index in [4.69, 9.17) is 0 Å². The van der Waals surface area contributed by atoms with Gasteiger partial charge in [0.2, 0.25) is 5.13 Å². The zero-order chi connectivity index (χ0) is 13.7. The van der Waals surface area contributed by atoms with Crippen molar-refractivity contribution in [3.8, 4) is 0 Å². The van der Waals surface area contributed by atoms with Gasteiger partial charge in [0, 0.05) is 24.0 Å². The molecule has 0 spiro atoms. The normalized spacial score (nSPS) is 14.1. The van der Waals surface area contributed by atoms with Gasteiger partial charge < -0.3 is 10.4 Å². The van der Waals surface area contributed by atoms with Gasteiger partial charge in [-0.2, -0.15) is 4.37 Å². The number of benzene rings is 1. The molecular weight excluding hydrogens is 258 g/mol. The number of nitrogens with zero attached hydrogens (tertiary/aromatic N) is 2. The van der Waals surface area contributed by atoms with E-state index in [1.54, 1.807) is 0 Å². The molecule has 19 heavy (non-hydrogen) atoms. The van der Waals surface area contributed by atoms with Crippen molar-refractivity contribution < 1.29 is 5.11 Å². The Morgan fingerprint density at radius 2 is 2.05 bits per heavy atom. The molecular formula is C14H19N3OS. The van der Waals surface area contributed by atoms with Crippen molar-refractivity contribution in [3.05, 3.63) is 41.7 Å². The fourth-order valence-electron chi connectivity index (χ4n) is 2.05. The van der Waals surface area contributed by atoms with Crippen LogP contribution in [0.25, 0.3) is 0 Å². The van der Waals surface area contributed by atoms with Gasteiger partial charge in [-0.1, -0.05) is 30.3 Å². The highest BCUT2D eigenvalue weighted by atomic mass is 32.1. The number of aliphatic hydroxyl groups is 1. The molecule has 2 rings (SSSR count). The van der Waals surface area contributed by atoms with E-state index >= 15 is 0 Å². The van der Waals surface area contributed by atoms with Crippen LogP contribution in [0, 0.1) is 6.92 Å². The second-order valence-electron chi connectivity index (χ2n) is 4.72. The fraction of sp³-hybridized carbons (Fsp3) is 0.429. The molecule has 0 aliphatic rings. The standard InChI is InChI=1S/C14H19N3OS/c1-10(18)8-13(12-6-4-3-5-7-12)9-15-14-16-11(2)17-19-14/h3-7,10,13,18H,8-9H2,1-2H3,(H,15,16,17). The number of hydrogen-bond acceptors (Lipinski definition) is 5. The minimum atomic E-state index is -0.317. The van der Waals surface area contributed by atoms with Gasteiger partial charge in [0.25, 0.3) is 0 Å². The van der Waals surface area contributed by atoms with Gasteiger partial charge in [0.05, 0.1) is 6.10 Å². The average molecular weight is 277 g/mol. The topological polar surface area (TPSA) is 58.0 Å². The molecule has 0 bridgehead atoms. The lowest BCUT2D eigenvalue weighted by Gasteiger charge is -2.19. The van der Waals surface area contributed by atoms with Crippen molar-refractivity contribution in [2.75, 3.05) is 11.9 Å². The lowest BCUT2D eigenvalue weighted by Crippen LogP contribution is -2.17. The Bertz CT molecular complexity index is 498. The first kappa shape index (κ1) is 14.0. The van der Waals surface area contributed by atoms with Crippen LogP contribution in [0.3, 0.4) is 0 Å². The number of rotatable bonds is 6. The van der Waals surface area contributed by atoms with Crippen molar-refractivity contribution in [3.63, 3.8) is 0 Å². The van der Waals surface area contributed by atoms with Crippen LogP contribution in [0.4, 0.5) is 5.13 Å². The lowest BCUT2D eigenvalue weighted by molar-refractivity contribution is 0.175. The number of nitrogens with one attached hydrogen (secondary N) is 1. The van der Waals surface area contributed by atoms with Gasteiger partial charge >= 0.3 is 0 Å². The fourth-order valence-corrected chi connectivity index (χ4v) is 2.63. The summed E-state index contributed by atoms with van der Waals surface area (Å²) >= 11 is 1.37. The molecule has 2 aromatic rings. The molecule has 5 heteroatoms. The molecule has 2 atom stereocenters. The highest BCUT2D eigenvalue weighted by Crippen LogP contribution is 2.22. The molecule has 0 radical (unpaired) electrons. The SMILES string of the molecule is Cc1nsc(NCC(CC(C)O)c2ccccc2)n1. The van der Waals surface area contributed by atoms with Crippen LogP contribution in [0.15, 0.2) is 30.3 Å². The number of anilines is 1. The van der Waals surface area contributed by atoms with E-state index in [1.165, 1.54) is 17.1 Å². The smallest absolute Gasteiger partial charge is 0.202 e. The van der Waals surface area contributed by atoms with Crippen LogP contribution < -0.4 is 5.32 Å². The molecule has 1 aromatic heterocycles. The summed E-state index contributed by atoms with van der Waals surface area (Å²) in [7, 11) is 0. The minimum Gasteiger partial charge on any atom is -0.393 e. The Labute approximate surface area is 117 Å². The quantitative estimate of drug-likeness (QED) is 0.852. The van der Waals surface area contributed by atoms with Crippen molar-refractivity contribution in [1.82, 2.24) is 9.36 Å². The molecule has 0 fully saturated rings. The highest BCUT2D eigenvalue weighted by Gasteiger charge is 2.14. The second kappa shape index (κ2) is 6.63. The van der Waals surface area contributed by atoms with Crippen LogP contribution in [0.2, 0.25) is 0 Å². The Morgan fingerprint density at radius 1 is 1.32 bits per heavy atom. The van der Waals surface area contributed by atoms with E-state index in [0.717, 1.165) is 23.9 Å². The molecule has 2 N–H and O–H groups in total. The highest BCUT2D eigenvalue weighted by molar-refractivity contribution is 7.09. The molecule has 1 heterocycles. The second-order valence-corrected chi connectivity index (χ2v) is 5.47. The summed E-state index contributed by atoms with van der Waals surface area (Å²) in [5, 5.41) is 13.8. The Balaban J connectivity index is 2.02. The predicted octanol–water partition coefficient (Wildman–Crippen LogP) is 2.81. The predicted molar refractivity (Wildman–Crippen MR) is 78.6 cm³/mol. The Morgan fingerprint density at radius 3 is 2.63 bits per heavy atom. The molecule has 0 aliphatic carbocycles. The molecule has 0 aliphatic heterocycles. The molecule has 0 saturated carbocycles. The largest absolute Gasteiger partial charge is 0.393 e. The lowest BCUT2D eigenvalue weighted by atomic mass is 9.93. The van der Waals surface area contributed by atoms with E-state index in [2.05, 4.69) is 26.8 Å². The average Bonchev–Trinajstić information content (AvgIpc) is 2.81. The molecule has 2 unspecified atom stereocenters. The van der Waals surface area contributed by atoms with Crippen molar-refractivity contribution in [1.29, 1.82) is 0 Å². The Kier molecular flexibility index (Phi) is 4.87. The van der Waals surface area contributed by atoms with Gasteiger partial charge in [-0.05, 0) is 25.8 Å². The molecule has 4 nitrogen and oxygen atoms in total. The van der Waals surface area contributed by atoms with Crippen LogP contribution in [-0.4, -0.2) is 27.1 Å². The van der Waals surface area contributed by atoms with Crippen molar-refractivity contribution >= 4 is 16.7 Å². The number of hydrogen-bond donors (Lipinski definition) is 2. The summed E-state index contributed by atoms with van der Waals surface area (Å²) in [5.74, 6) is 1.06. The summed E-state index contributed by atoms with van der Waals surface area (Å²) in [5.41, 5.74) is 1.23. The van der Waals surface area contributed by atoms with Crippen LogP contribution >= 0.6 is 11.5 Å². The number of aryl methyl sites for hydroxylation is 1. The van der Waals surface area contributed by atoms with Crippen LogP contribution in [0.1, 0.15) is 30.7 Å². The van der Waals surface area contributed by atoms with Gasteiger partial charge in [-0.15, -0.1) is 0 Å². The Hall–Kier alpha value is -1.46. The van der Waals surface area contributed by atoms with Crippen LogP contribution in [-0.2, 0) is 0 Å². The zero-order valence-electron chi connectivity index (χ0n) is 11.2.